The van der Waals surface area contributed by atoms with Crippen molar-refractivity contribution >= 4 is 28.6 Å². The first-order valence-corrected chi connectivity index (χ1v) is 12.3. The highest BCUT2D eigenvalue weighted by Crippen LogP contribution is 2.36. The minimum absolute atomic E-state index is 0.256. The molecule has 0 aliphatic heterocycles. The third-order valence-corrected chi connectivity index (χ3v) is 6.85. The van der Waals surface area contributed by atoms with Gasteiger partial charge in [-0.3, -0.25) is 0 Å². The predicted molar refractivity (Wildman–Crippen MR) is 134 cm³/mol. The first kappa shape index (κ1) is 24.3. The molecule has 0 atom stereocenters. The van der Waals surface area contributed by atoms with Gasteiger partial charge in [-0.2, -0.15) is 0 Å². The number of fused-ring (bicyclic) bond motifs is 1. The molecule has 1 saturated carbocycles. The van der Waals surface area contributed by atoms with Crippen LogP contribution in [0.2, 0.25) is 5.02 Å². The summed E-state index contributed by atoms with van der Waals surface area (Å²) in [7, 11) is 1.32. The summed E-state index contributed by atoms with van der Waals surface area (Å²) in [4.78, 5) is 16.7. The van der Waals surface area contributed by atoms with Crippen molar-refractivity contribution in [2.75, 3.05) is 13.7 Å². The second-order valence-electron chi connectivity index (χ2n) is 9.07. The van der Waals surface area contributed by atoms with Crippen molar-refractivity contribution in [2.45, 2.75) is 32.2 Å². The Morgan fingerprint density at radius 2 is 1.86 bits per heavy atom. The number of imidazole rings is 1. The highest BCUT2D eigenvalue weighted by molar-refractivity contribution is 6.30. The van der Waals surface area contributed by atoms with Crippen molar-refractivity contribution in [3.8, 4) is 17.1 Å². The van der Waals surface area contributed by atoms with Gasteiger partial charge in [0.2, 0.25) is 0 Å². The van der Waals surface area contributed by atoms with E-state index in [4.69, 9.17) is 21.1 Å². The number of methoxy groups -OCH3 is 1. The normalized spacial score (nSPS) is 13.9. The van der Waals surface area contributed by atoms with Crippen LogP contribution in [-0.2, 0) is 11.3 Å². The maximum Gasteiger partial charge on any atom is 0.337 e. The average Bonchev–Trinajstić information content (AvgIpc) is 3.51. The van der Waals surface area contributed by atoms with Crippen LogP contribution in [0.25, 0.3) is 22.4 Å². The van der Waals surface area contributed by atoms with Gasteiger partial charge in [-0.25, -0.2) is 18.6 Å². The number of ether oxygens (including phenoxy) is 2. The third-order valence-electron chi connectivity index (χ3n) is 6.61. The van der Waals surface area contributed by atoms with Gasteiger partial charge in [0.1, 0.15) is 11.6 Å². The first-order valence-electron chi connectivity index (χ1n) is 11.9. The van der Waals surface area contributed by atoms with Crippen molar-refractivity contribution in [2.24, 2.45) is 5.92 Å². The fraction of sp³-hybridized carbons (Fsp3) is 0.286. The molecule has 1 aliphatic rings. The summed E-state index contributed by atoms with van der Waals surface area (Å²) in [6, 6.07) is 14.5. The molecule has 1 aromatic heterocycles. The van der Waals surface area contributed by atoms with Crippen LogP contribution >= 0.6 is 11.6 Å². The van der Waals surface area contributed by atoms with Gasteiger partial charge in [0.05, 0.1) is 35.9 Å². The number of hydrogen-bond donors (Lipinski definition) is 0. The number of rotatable bonds is 7. The van der Waals surface area contributed by atoms with Crippen molar-refractivity contribution in [3.05, 3.63) is 82.4 Å². The van der Waals surface area contributed by atoms with Gasteiger partial charge in [-0.1, -0.05) is 36.6 Å². The Balaban J connectivity index is 1.61. The molecular formula is C28H25ClF2N2O3. The summed E-state index contributed by atoms with van der Waals surface area (Å²) in [5, 5.41) is 0.519. The Hall–Kier alpha value is -3.45. The molecule has 0 N–H and O–H groups in total. The summed E-state index contributed by atoms with van der Waals surface area (Å²) in [5.74, 6) is -0.861. The number of nitrogens with zero attached hydrogens (tertiary/aromatic N) is 2. The Bertz CT molecular complexity index is 1430. The van der Waals surface area contributed by atoms with Gasteiger partial charge < -0.3 is 14.0 Å². The van der Waals surface area contributed by atoms with Crippen LogP contribution < -0.4 is 4.74 Å². The van der Waals surface area contributed by atoms with E-state index in [9.17, 15) is 13.6 Å². The molecule has 36 heavy (non-hydrogen) atoms. The monoisotopic (exact) mass is 510 g/mol. The quantitative estimate of drug-likeness (QED) is 0.250. The number of esters is 1. The molecule has 186 valence electrons. The summed E-state index contributed by atoms with van der Waals surface area (Å²) in [6.07, 6.45) is 4.66. The Kier molecular flexibility index (Phi) is 6.92. The van der Waals surface area contributed by atoms with Crippen molar-refractivity contribution < 1.29 is 23.0 Å². The van der Waals surface area contributed by atoms with Crippen LogP contribution in [0.1, 0.15) is 41.6 Å². The number of benzene rings is 3. The lowest BCUT2D eigenvalue weighted by atomic mass is 10.1. The van der Waals surface area contributed by atoms with Gasteiger partial charge in [0.25, 0.3) is 0 Å². The summed E-state index contributed by atoms with van der Waals surface area (Å²) in [5.41, 5.74) is 2.56. The van der Waals surface area contributed by atoms with E-state index < -0.39 is 17.6 Å². The number of carbonyl (C=O) groups is 1. The van der Waals surface area contributed by atoms with Crippen LogP contribution in [0.3, 0.4) is 0 Å². The first-order chi connectivity index (χ1) is 17.4. The van der Waals surface area contributed by atoms with E-state index in [1.165, 1.54) is 20.0 Å². The van der Waals surface area contributed by atoms with Crippen LogP contribution in [0.15, 0.2) is 54.6 Å². The molecule has 0 amide bonds. The molecule has 3 aromatic carbocycles. The van der Waals surface area contributed by atoms with Gasteiger partial charge in [0, 0.05) is 23.7 Å². The molecule has 0 radical (unpaired) electrons. The van der Waals surface area contributed by atoms with E-state index in [0.717, 1.165) is 30.5 Å². The van der Waals surface area contributed by atoms with E-state index in [1.54, 1.807) is 34.9 Å². The molecule has 0 spiro atoms. The second kappa shape index (κ2) is 10.3. The lowest BCUT2D eigenvalue weighted by Gasteiger charge is -2.16. The van der Waals surface area contributed by atoms with Crippen LogP contribution in [0, 0.1) is 17.6 Å². The summed E-state index contributed by atoms with van der Waals surface area (Å²) >= 11 is 6.30. The van der Waals surface area contributed by atoms with E-state index in [0.29, 0.717) is 51.3 Å². The predicted octanol–water partition coefficient (Wildman–Crippen LogP) is 7.04. The topological polar surface area (TPSA) is 53.4 Å². The zero-order valence-electron chi connectivity index (χ0n) is 19.8. The molecule has 5 nitrogen and oxygen atoms in total. The lowest BCUT2D eigenvalue weighted by molar-refractivity contribution is 0.0600. The van der Waals surface area contributed by atoms with E-state index >= 15 is 0 Å². The van der Waals surface area contributed by atoms with Gasteiger partial charge in [-0.15, -0.1) is 0 Å². The molecular weight excluding hydrogens is 486 g/mol. The third kappa shape index (κ3) is 4.93. The molecule has 1 aliphatic carbocycles. The van der Waals surface area contributed by atoms with Crippen LogP contribution in [0.4, 0.5) is 8.78 Å². The van der Waals surface area contributed by atoms with Crippen molar-refractivity contribution in [3.63, 3.8) is 0 Å². The van der Waals surface area contributed by atoms with E-state index in [-0.39, 0.29) is 6.54 Å². The second-order valence-corrected chi connectivity index (χ2v) is 9.51. The summed E-state index contributed by atoms with van der Waals surface area (Å²) in [6.45, 7) is 0.824. The van der Waals surface area contributed by atoms with Crippen LogP contribution in [0.5, 0.6) is 5.75 Å². The fourth-order valence-corrected chi connectivity index (χ4v) is 4.93. The smallest absolute Gasteiger partial charge is 0.337 e. The van der Waals surface area contributed by atoms with Crippen molar-refractivity contribution in [1.82, 2.24) is 9.55 Å². The zero-order chi connectivity index (χ0) is 25.2. The maximum absolute atomic E-state index is 14.3. The number of aromatic nitrogens is 2. The highest BCUT2D eigenvalue weighted by Gasteiger charge is 2.21. The zero-order valence-corrected chi connectivity index (χ0v) is 20.5. The standard InChI is InChI=1S/C28H25ClF2N2O3/c1-35-28(34)19-8-4-7-18(11-19)15-33-25-14-23(31)22(30)13-24(25)32-27(33)21-10-9-20(29)12-26(21)36-16-17-5-2-3-6-17/h4,7-14,17H,2-3,5-6,15-16H2,1H3. The molecule has 1 fully saturated rings. The molecule has 0 bridgehead atoms. The summed E-state index contributed by atoms with van der Waals surface area (Å²) < 4.78 is 41.3. The molecule has 5 rings (SSSR count). The fourth-order valence-electron chi connectivity index (χ4n) is 4.77. The van der Waals surface area contributed by atoms with Gasteiger partial charge >= 0.3 is 5.97 Å². The number of carbonyl (C=O) groups excluding carboxylic acids is 1. The van der Waals surface area contributed by atoms with Gasteiger partial charge in [0.15, 0.2) is 11.6 Å². The van der Waals surface area contributed by atoms with E-state index in [2.05, 4.69) is 4.98 Å². The molecule has 0 saturated heterocycles. The SMILES string of the molecule is COC(=O)c1cccc(Cn2c(-c3ccc(Cl)cc3OCC3CCCC3)nc3cc(F)c(F)cc32)c1. The lowest BCUT2D eigenvalue weighted by Crippen LogP contribution is -2.10. The largest absolute Gasteiger partial charge is 0.492 e. The molecule has 0 unspecified atom stereocenters. The van der Waals surface area contributed by atoms with Crippen LogP contribution in [-0.4, -0.2) is 29.2 Å². The minimum atomic E-state index is -0.972. The van der Waals surface area contributed by atoms with Crippen molar-refractivity contribution in [1.29, 1.82) is 0 Å². The number of hydrogen-bond acceptors (Lipinski definition) is 4. The highest BCUT2D eigenvalue weighted by atomic mass is 35.5. The average molecular weight is 511 g/mol. The number of halogens is 3. The molecule has 8 heteroatoms. The molecule has 4 aromatic rings. The maximum atomic E-state index is 14.3. The Morgan fingerprint density at radius 3 is 2.64 bits per heavy atom. The minimum Gasteiger partial charge on any atom is -0.492 e. The van der Waals surface area contributed by atoms with E-state index in [1.807, 2.05) is 12.1 Å². The molecule has 1 heterocycles. The Morgan fingerprint density at radius 1 is 1.08 bits per heavy atom. The Labute approximate surface area is 212 Å². The van der Waals surface area contributed by atoms with Gasteiger partial charge in [-0.05, 0) is 54.7 Å².